The van der Waals surface area contributed by atoms with E-state index in [0.717, 1.165) is 33.4 Å². The van der Waals surface area contributed by atoms with E-state index in [9.17, 15) is 24.0 Å². The quantitative estimate of drug-likeness (QED) is 0.169. The maximum absolute atomic E-state index is 14.2. The van der Waals surface area contributed by atoms with Gasteiger partial charge in [-0.1, -0.05) is 6.07 Å². The molecule has 1 fully saturated rings. The molecule has 1 saturated heterocycles. The molecule has 0 aliphatic carbocycles. The summed E-state index contributed by atoms with van der Waals surface area (Å²) in [5.74, 6) is -3.48. The van der Waals surface area contributed by atoms with Crippen molar-refractivity contribution >= 4 is 46.6 Å². The average Bonchev–Trinajstić information content (AvgIpc) is 3.78. The van der Waals surface area contributed by atoms with Crippen molar-refractivity contribution in [2.75, 3.05) is 19.1 Å². The lowest BCUT2D eigenvalue weighted by atomic mass is 9.97. The van der Waals surface area contributed by atoms with E-state index in [2.05, 4.69) is 21.1 Å². The first-order valence-electron chi connectivity index (χ1n) is 16.3. The number of nitriles is 1. The maximum Gasteiger partial charge on any atom is 0.339 e. The van der Waals surface area contributed by atoms with Crippen molar-refractivity contribution in [3.63, 3.8) is 0 Å². The fraction of sp³-hybridized carbons (Fsp3) is 0.400. The summed E-state index contributed by atoms with van der Waals surface area (Å²) >= 11 is 0. The van der Waals surface area contributed by atoms with E-state index in [0.29, 0.717) is 22.3 Å². The average molecular weight is 732 g/mol. The van der Waals surface area contributed by atoms with Crippen molar-refractivity contribution in [2.24, 2.45) is 0 Å². The Morgan fingerprint density at radius 3 is 2.34 bits per heavy atom. The number of aromatic nitrogens is 5. The highest BCUT2D eigenvalue weighted by molar-refractivity contribution is 6.02. The molecule has 18 heteroatoms. The number of amides is 1. The first-order valence-corrected chi connectivity index (χ1v) is 16.3. The third kappa shape index (κ3) is 8.10. The van der Waals surface area contributed by atoms with Gasteiger partial charge in [0.25, 0.3) is 0 Å². The number of hydrogen-bond donors (Lipinski definition) is 0. The number of carbonyl (C=O) groups excluding carboxylic acids is 5. The second kappa shape index (κ2) is 15.9. The number of carbonyl (C=O) groups is 5. The fourth-order valence-electron chi connectivity index (χ4n) is 5.82. The zero-order valence-corrected chi connectivity index (χ0v) is 29.9. The van der Waals surface area contributed by atoms with Gasteiger partial charge in [0.15, 0.2) is 24.0 Å². The largest absolute Gasteiger partial charge is 0.467 e. The van der Waals surface area contributed by atoms with Crippen LogP contribution in [0.3, 0.4) is 0 Å². The van der Waals surface area contributed by atoms with Crippen LogP contribution in [-0.2, 0) is 42.9 Å². The number of ether oxygens (including phenoxy) is 6. The summed E-state index contributed by atoms with van der Waals surface area (Å²) in [5.41, 5.74) is 2.45. The Morgan fingerprint density at radius 1 is 1.00 bits per heavy atom. The Morgan fingerprint density at radius 2 is 1.68 bits per heavy atom. The normalized spacial score (nSPS) is 20.1. The van der Waals surface area contributed by atoms with E-state index in [1.807, 2.05) is 6.92 Å². The minimum Gasteiger partial charge on any atom is -0.467 e. The summed E-state index contributed by atoms with van der Waals surface area (Å²) in [4.78, 5) is 73.8. The molecule has 0 radical (unpaired) electrons. The molecule has 4 aromatic rings. The van der Waals surface area contributed by atoms with Crippen molar-refractivity contribution in [1.29, 1.82) is 5.26 Å². The molecule has 0 unspecified atom stereocenters. The number of anilines is 1. The van der Waals surface area contributed by atoms with E-state index in [-0.39, 0.29) is 23.9 Å². The summed E-state index contributed by atoms with van der Waals surface area (Å²) in [6, 6.07) is 7.99. The minimum absolute atomic E-state index is 0.0374. The van der Waals surface area contributed by atoms with Gasteiger partial charge in [-0.2, -0.15) is 10.4 Å². The molecule has 53 heavy (non-hydrogen) atoms. The Bertz CT molecular complexity index is 2090. The van der Waals surface area contributed by atoms with Gasteiger partial charge in [0.05, 0.1) is 43.2 Å². The summed E-state index contributed by atoms with van der Waals surface area (Å²) in [6.45, 7) is 6.91. The Labute approximate surface area is 303 Å². The number of aryl methyl sites for hydroxylation is 1. The van der Waals surface area contributed by atoms with Crippen molar-refractivity contribution in [3.05, 3.63) is 54.7 Å². The van der Waals surface area contributed by atoms with Gasteiger partial charge in [-0.3, -0.25) is 28.5 Å². The van der Waals surface area contributed by atoms with Gasteiger partial charge in [0.2, 0.25) is 12.4 Å². The molecule has 3 aromatic heterocycles. The number of nitrogens with zero attached hydrogens (tertiary/aromatic N) is 7. The van der Waals surface area contributed by atoms with Crippen molar-refractivity contribution in [2.45, 2.75) is 77.8 Å². The third-order valence-corrected chi connectivity index (χ3v) is 8.24. The van der Waals surface area contributed by atoms with Crippen LogP contribution < -0.4 is 9.64 Å². The summed E-state index contributed by atoms with van der Waals surface area (Å²) in [7, 11) is 2.58. The molecule has 1 aliphatic rings. The Hall–Kier alpha value is -6.35. The van der Waals surface area contributed by atoms with E-state index in [1.54, 1.807) is 48.4 Å². The molecule has 278 valence electrons. The van der Waals surface area contributed by atoms with Gasteiger partial charge in [-0.15, -0.1) is 0 Å². The molecule has 4 heterocycles. The highest BCUT2D eigenvalue weighted by Crippen LogP contribution is 2.36. The van der Waals surface area contributed by atoms with Crippen LogP contribution >= 0.6 is 0 Å². The third-order valence-electron chi connectivity index (χ3n) is 8.24. The van der Waals surface area contributed by atoms with Gasteiger partial charge < -0.3 is 28.4 Å². The zero-order chi connectivity index (χ0) is 38.6. The van der Waals surface area contributed by atoms with Crippen LogP contribution in [0.25, 0.3) is 22.3 Å². The van der Waals surface area contributed by atoms with Gasteiger partial charge >= 0.3 is 29.9 Å². The number of fused-ring (bicyclic) bond motifs is 1. The second-order valence-corrected chi connectivity index (χ2v) is 12.2. The van der Waals surface area contributed by atoms with Crippen LogP contribution in [0.2, 0.25) is 0 Å². The molecule has 1 aliphatic heterocycles. The van der Waals surface area contributed by atoms with Crippen LogP contribution in [0.5, 0.6) is 5.75 Å². The maximum atomic E-state index is 14.2. The van der Waals surface area contributed by atoms with Crippen molar-refractivity contribution in [3.8, 4) is 23.1 Å². The smallest absolute Gasteiger partial charge is 0.339 e. The van der Waals surface area contributed by atoms with Crippen molar-refractivity contribution in [1.82, 2.24) is 24.3 Å². The van der Waals surface area contributed by atoms with Gasteiger partial charge in [-0.25, -0.2) is 19.6 Å². The molecule has 0 bridgehead atoms. The number of hydrogen-bond acceptors (Lipinski definition) is 15. The van der Waals surface area contributed by atoms with Gasteiger partial charge in [-0.05, 0) is 37.6 Å². The van der Waals surface area contributed by atoms with E-state index in [4.69, 9.17) is 33.7 Å². The summed E-state index contributed by atoms with van der Waals surface area (Å²) < 4.78 is 36.3. The first-order chi connectivity index (χ1) is 25.2. The minimum atomic E-state index is -1.68. The predicted molar refractivity (Wildman–Crippen MR) is 182 cm³/mol. The molecule has 18 nitrogen and oxygen atoms in total. The van der Waals surface area contributed by atoms with Crippen LogP contribution in [0.15, 0.2) is 49.2 Å². The Kier molecular flexibility index (Phi) is 11.4. The number of benzene rings is 1. The van der Waals surface area contributed by atoms with E-state index < -0.39 is 60.6 Å². The van der Waals surface area contributed by atoms with Crippen LogP contribution in [0.1, 0.15) is 45.7 Å². The highest BCUT2D eigenvalue weighted by atomic mass is 16.7. The van der Waals surface area contributed by atoms with Crippen LogP contribution in [0.4, 0.5) is 10.5 Å². The number of methoxy groups -OCH3 is 1. The molecule has 1 aromatic carbocycles. The van der Waals surface area contributed by atoms with Crippen molar-refractivity contribution < 1.29 is 52.4 Å². The lowest BCUT2D eigenvalue weighted by Crippen LogP contribution is -2.64. The molecule has 6 atom stereocenters. The summed E-state index contributed by atoms with van der Waals surface area (Å²) in [6.07, 6.45) is -1.51. The molecule has 0 spiro atoms. The fourth-order valence-corrected chi connectivity index (χ4v) is 5.82. The van der Waals surface area contributed by atoms with E-state index in [1.165, 1.54) is 28.9 Å². The topological polar surface area (TPSA) is 216 Å². The van der Waals surface area contributed by atoms with Gasteiger partial charge in [0, 0.05) is 51.2 Å². The zero-order valence-electron chi connectivity index (χ0n) is 29.9. The molecule has 1 amide bonds. The van der Waals surface area contributed by atoms with E-state index >= 15 is 0 Å². The molecule has 5 rings (SSSR count). The van der Waals surface area contributed by atoms with Gasteiger partial charge in [0.1, 0.15) is 12.1 Å². The SMILES string of the molecule is COC(=O)[C@H]1O[C@@H](Oc2ccc(C)cc2N(C)C(=O)n2ccc3c(-c4cnn([C@@H](C)CC#N)c4)ncnc32)[C@H](OC(C)=O)[C@@H](OC(C)=O)[C@@H]1OC(C)=O. The lowest BCUT2D eigenvalue weighted by molar-refractivity contribution is -0.282. The van der Waals surface area contributed by atoms with Crippen LogP contribution in [0, 0.1) is 18.3 Å². The Balaban J connectivity index is 1.51. The van der Waals surface area contributed by atoms with Crippen LogP contribution in [-0.4, -0.2) is 99.1 Å². The number of esters is 4. The standard InChI is InChI=1S/C35H37N7O11/c1-18-8-9-26(52-34-31(51-22(5)45)29(50-21(4)44)28(49-20(3)43)30(53-34)33(46)48-7)25(14-18)40(6)35(47)41-13-11-24-27(37-17-38-32(24)41)23-15-39-42(16-23)19(2)10-12-36/h8-9,11,13-17,19,28-31,34H,10H2,1-7H3/t19-,28-,29-,30-,31+,34+/m0/s1. The number of rotatable bonds is 10. The molecular weight excluding hydrogens is 694 g/mol. The molecule has 0 saturated carbocycles. The summed E-state index contributed by atoms with van der Waals surface area (Å²) in [5, 5.41) is 14.0. The lowest BCUT2D eigenvalue weighted by Gasteiger charge is -2.43. The second-order valence-electron chi connectivity index (χ2n) is 12.2. The first kappa shape index (κ1) is 37.9. The molecule has 0 N–H and O–H groups in total. The highest BCUT2D eigenvalue weighted by Gasteiger charge is 2.56. The monoisotopic (exact) mass is 731 g/mol. The molecular formula is C35H37N7O11. The predicted octanol–water partition coefficient (Wildman–Crippen LogP) is 3.25.